The first kappa shape index (κ1) is 27.0. The molecule has 2 aliphatic heterocycles. The summed E-state index contributed by atoms with van der Waals surface area (Å²) in [6, 6.07) is 23.5. The molecule has 0 unspecified atom stereocenters. The average molecular weight is 525 g/mol. The number of nitrogens with zero attached hydrogens (tertiary/aromatic N) is 1. The number of benzene rings is 3. The van der Waals surface area contributed by atoms with Crippen LogP contribution >= 0.6 is 0 Å². The zero-order valence-electron chi connectivity index (χ0n) is 23.4. The molecule has 0 radical (unpaired) electrons. The van der Waals surface area contributed by atoms with Crippen LogP contribution in [-0.2, 0) is 14.0 Å². The molecule has 2 heterocycles. The minimum Gasteiger partial charge on any atom is -0.465 e. The van der Waals surface area contributed by atoms with Gasteiger partial charge >= 0.3 is 13.1 Å². The Balaban J connectivity index is 1.32. The Morgan fingerprint density at radius 2 is 1.54 bits per heavy atom. The van der Waals surface area contributed by atoms with Crippen LogP contribution in [0, 0.1) is 0 Å². The van der Waals surface area contributed by atoms with Gasteiger partial charge in [-0.2, -0.15) is 0 Å². The van der Waals surface area contributed by atoms with Crippen LogP contribution in [-0.4, -0.2) is 44.5 Å². The van der Waals surface area contributed by atoms with E-state index in [4.69, 9.17) is 18.8 Å². The summed E-state index contributed by atoms with van der Waals surface area (Å²) >= 11 is 0. The molecule has 0 atom stereocenters. The van der Waals surface area contributed by atoms with E-state index in [-0.39, 0.29) is 18.3 Å². The number of rotatable bonds is 6. The molecular weight excluding hydrogens is 489 g/mol. The molecule has 2 fully saturated rings. The van der Waals surface area contributed by atoms with Crippen molar-refractivity contribution in [2.45, 2.75) is 51.7 Å². The zero-order valence-corrected chi connectivity index (χ0v) is 23.4. The Morgan fingerprint density at radius 1 is 0.897 bits per heavy atom. The maximum absolute atomic E-state index is 12.4. The van der Waals surface area contributed by atoms with E-state index < -0.39 is 5.97 Å². The van der Waals surface area contributed by atoms with Crippen molar-refractivity contribution in [3.8, 4) is 11.5 Å². The maximum Gasteiger partial charge on any atom is 0.495 e. The molecule has 3 aromatic rings. The number of piperidine rings is 1. The number of para-hydroxylation sites is 1. The molecule has 0 aliphatic carbocycles. The maximum atomic E-state index is 12.4. The number of esters is 1. The van der Waals surface area contributed by atoms with Crippen molar-refractivity contribution in [2.24, 2.45) is 0 Å². The minimum atomic E-state index is -0.419. The number of anilines is 1. The summed E-state index contributed by atoms with van der Waals surface area (Å²) < 4.78 is 23.8. The van der Waals surface area contributed by atoms with Crippen LogP contribution in [0.3, 0.4) is 0 Å². The highest BCUT2D eigenvalue weighted by atomic mass is 16.7. The normalized spacial score (nSPS) is 18.1. The summed E-state index contributed by atoms with van der Waals surface area (Å²) in [4.78, 5) is 14.7. The predicted molar refractivity (Wildman–Crippen MR) is 156 cm³/mol. The molecule has 0 amide bonds. The van der Waals surface area contributed by atoms with E-state index in [2.05, 4.69) is 56.9 Å². The monoisotopic (exact) mass is 525 g/mol. The first-order chi connectivity index (χ1) is 18.7. The van der Waals surface area contributed by atoms with Crippen molar-refractivity contribution in [1.29, 1.82) is 0 Å². The highest BCUT2D eigenvalue weighted by Crippen LogP contribution is 2.37. The highest BCUT2D eigenvalue weighted by Gasteiger charge is 2.52. The van der Waals surface area contributed by atoms with E-state index in [1.807, 2.05) is 48.5 Å². The molecule has 0 N–H and O–H groups in total. The molecule has 0 bridgehead atoms. The smallest absolute Gasteiger partial charge is 0.465 e. The van der Waals surface area contributed by atoms with Crippen LogP contribution < -0.4 is 15.1 Å². The van der Waals surface area contributed by atoms with E-state index in [1.165, 1.54) is 12.7 Å². The SMILES string of the molecule is COC(=O)c1ccc(N2CCC(=Cc3ccccc3B3OC(C)(C)C(C)(C)O3)CC2)cc1Oc1ccccc1. The number of carbonyl (C=O) groups is 1. The molecule has 2 aliphatic rings. The van der Waals surface area contributed by atoms with Crippen LogP contribution in [0.1, 0.15) is 56.5 Å². The Morgan fingerprint density at radius 3 is 2.21 bits per heavy atom. The molecule has 3 aromatic carbocycles. The molecule has 6 nitrogen and oxygen atoms in total. The number of carbonyl (C=O) groups excluding carboxylic acids is 1. The van der Waals surface area contributed by atoms with E-state index in [0.29, 0.717) is 17.1 Å². The topological polar surface area (TPSA) is 57.2 Å². The minimum absolute atomic E-state index is 0.379. The number of hydrogen-bond acceptors (Lipinski definition) is 6. The molecule has 39 heavy (non-hydrogen) atoms. The van der Waals surface area contributed by atoms with Crippen molar-refractivity contribution in [3.05, 3.63) is 89.5 Å². The first-order valence-corrected chi connectivity index (χ1v) is 13.5. The second-order valence-corrected chi connectivity index (χ2v) is 11.1. The summed E-state index contributed by atoms with van der Waals surface area (Å²) in [5.41, 5.74) is 4.26. The lowest BCUT2D eigenvalue weighted by Crippen LogP contribution is -2.41. The molecule has 0 saturated carbocycles. The van der Waals surface area contributed by atoms with Crippen LogP contribution in [0.25, 0.3) is 6.08 Å². The number of hydrogen-bond donors (Lipinski definition) is 0. The van der Waals surface area contributed by atoms with Crippen LogP contribution in [0.2, 0.25) is 0 Å². The van der Waals surface area contributed by atoms with Gasteiger partial charge in [-0.1, -0.05) is 54.1 Å². The van der Waals surface area contributed by atoms with Gasteiger partial charge in [-0.15, -0.1) is 0 Å². The van der Waals surface area contributed by atoms with Crippen molar-refractivity contribution in [2.75, 3.05) is 25.1 Å². The third-order valence-corrected chi connectivity index (χ3v) is 7.98. The first-order valence-electron chi connectivity index (χ1n) is 13.5. The highest BCUT2D eigenvalue weighted by molar-refractivity contribution is 6.63. The molecule has 7 heteroatoms. The summed E-state index contributed by atoms with van der Waals surface area (Å²) in [6.45, 7) is 10.1. The van der Waals surface area contributed by atoms with Crippen molar-refractivity contribution in [3.63, 3.8) is 0 Å². The summed E-state index contributed by atoms with van der Waals surface area (Å²) in [6.07, 6.45) is 4.17. The Kier molecular flexibility index (Phi) is 7.56. The molecule has 2 saturated heterocycles. The molecule has 5 rings (SSSR count). The molecule has 0 spiro atoms. The number of methoxy groups -OCH3 is 1. The van der Waals surface area contributed by atoms with Gasteiger partial charge in [-0.05, 0) is 75.8 Å². The van der Waals surface area contributed by atoms with Crippen molar-refractivity contribution in [1.82, 2.24) is 0 Å². The fraction of sp³-hybridized carbons (Fsp3) is 0.344. The fourth-order valence-corrected chi connectivity index (χ4v) is 4.93. The average Bonchev–Trinajstić information content (AvgIpc) is 3.15. The lowest BCUT2D eigenvalue weighted by molar-refractivity contribution is 0.00578. The van der Waals surface area contributed by atoms with Crippen molar-refractivity contribution < 1.29 is 23.6 Å². The van der Waals surface area contributed by atoms with E-state index in [9.17, 15) is 4.79 Å². The molecule has 0 aromatic heterocycles. The van der Waals surface area contributed by atoms with Gasteiger partial charge in [0.1, 0.15) is 17.1 Å². The van der Waals surface area contributed by atoms with Gasteiger partial charge in [-0.3, -0.25) is 0 Å². The quantitative estimate of drug-likeness (QED) is 0.280. The lowest BCUT2D eigenvalue weighted by atomic mass is 9.75. The van der Waals surface area contributed by atoms with Gasteiger partial charge in [0.05, 0.1) is 18.3 Å². The van der Waals surface area contributed by atoms with Crippen molar-refractivity contribution >= 4 is 30.3 Å². The van der Waals surface area contributed by atoms with E-state index in [1.54, 1.807) is 6.07 Å². The van der Waals surface area contributed by atoms with Gasteiger partial charge in [0.15, 0.2) is 0 Å². The van der Waals surface area contributed by atoms with Gasteiger partial charge in [0.25, 0.3) is 0 Å². The molecular formula is C32H36BNO5. The Labute approximate surface area is 231 Å². The lowest BCUT2D eigenvalue weighted by Gasteiger charge is -2.32. The third-order valence-electron chi connectivity index (χ3n) is 7.98. The Bertz CT molecular complexity index is 1340. The predicted octanol–water partition coefficient (Wildman–Crippen LogP) is 6.25. The van der Waals surface area contributed by atoms with Gasteiger partial charge in [-0.25, -0.2) is 4.79 Å². The second-order valence-electron chi connectivity index (χ2n) is 11.1. The second kappa shape index (κ2) is 10.9. The summed E-state index contributed by atoms with van der Waals surface area (Å²) in [5, 5.41) is 0. The van der Waals surface area contributed by atoms with Crippen LogP contribution in [0.4, 0.5) is 5.69 Å². The fourth-order valence-electron chi connectivity index (χ4n) is 4.93. The van der Waals surface area contributed by atoms with E-state index in [0.717, 1.165) is 42.6 Å². The van der Waals surface area contributed by atoms with E-state index >= 15 is 0 Å². The summed E-state index contributed by atoms with van der Waals surface area (Å²) in [7, 11) is 0.991. The van der Waals surface area contributed by atoms with Crippen LogP contribution in [0.5, 0.6) is 11.5 Å². The zero-order chi connectivity index (χ0) is 27.6. The summed E-state index contributed by atoms with van der Waals surface area (Å²) in [5.74, 6) is 0.740. The van der Waals surface area contributed by atoms with Gasteiger partial charge in [0, 0.05) is 24.8 Å². The Hall–Kier alpha value is -3.55. The van der Waals surface area contributed by atoms with Gasteiger partial charge < -0.3 is 23.7 Å². The largest absolute Gasteiger partial charge is 0.495 e. The molecule has 202 valence electrons. The standard InChI is InChI=1S/C32H36BNO5/c1-31(2)32(3,4)39-33(38-31)28-14-10-9-11-24(28)21-23-17-19-34(20-18-23)25-15-16-27(30(35)36-5)29(22-25)37-26-12-7-6-8-13-26/h6-16,21-22H,17-20H2,1-5H3. The number of ether oxygens (including phenoxy) is 2. The van der Waals surface area contributed by atoms with Crippen LogP contribution in [0.15, 0.2) is 78.4 Å². The third kappa shape index (κ3) is 5.75. The van der Waals surface area contributed by atoms with Gasteiger partial charge in [0.2, 0.25) is 0 Å².